The fourth-order valence-corrected chi connectivity index (χ4v) is 4.27. The molecular weight excluding hydrogens is 392 g/mol. The van der Waals surface area contributed by atoms with Crippen LogP contribution >= 0.6 is 15.9 Å². The summed E-state index contributed by atoms with van der Waals surface area (Å²) in [5.74, 6) is 1.53. The number of carbonyl (C=O) groups excluding carboxylic acids is 1. The van der Waals surface area contributed by atoms with Crippen LogP contribution in [0.1, 0.15) is 34.5 Å². The van der Waals surface area contributed by atoms with E-state index in [-0.39, 0.29) is 11.9 Å². The molecule has 3 aromatic carbocycles. The Labute approximate surface area is 160 Å². The van der Waals surface area contributed by atoms with Gasteiger partial charge in [-0.25, -0.2) is 0 Å². The molecule has 1 atom stereocenters. The number of hydrogen-bond acceptors (Lipinski definition) is 3. The summed E-state index contributed by atoms with van der Waals surface area (Å²) in [7, 11) is 1.65. The van der Waals surface area contributed by atoms with Gasteiger partial charge in [0.1, 0.15) is 11.5 Å². The zero-order valence-electron chi connectivity index (χ0n) is 14.5. The molecule has 0 spiro atoms. The number of methoxy groups -OCH3 is 1. The Kier molecular flexibility index (Phi) is 4.29. The Balaban J connectivity index is 2.04. The van der Waals surface area contributed by atoms with Crippen molar-refractivity contribution in [2.45, 2.75) is 13.0 Å². The van der Waals surface area contributed by atoms with Crippen molar-refractivity contribution in [3.63, 3.8) is 0 Å². The van der Waals surface area contributed by atoms with E-state index in [1.165, 1.54) is 0 Å². The molecule has 0 saturated heterocycles. The molecule has 0 N–H and O–H groups in total. The molecule has 1 aliphatic rings. The number of ether oxygens (including phenoxy) is 2. The van der Waals surface area contributed by atoms with Gasteiger partial charge in [-0.05, 0) is 52.2 Å². The summed E-state index contributed by atoms with van der Waals surface area (Å²) >= 11 is 3.66. The fourth-order valence-electron chi connectivity index (χ4n) is 3.43. The molecule has 0 saturated carbocycles. The lowest BCUT2D eigenvalue weighted by Gasteiger charge is -2.31. The third kappa shape index (κ3) is 2.61. The fraction of sp³-hybridized carbons (Fsp3) is 0.136. The maximum absolute atomic E-state index is 12.1. The largest absolute Gasteiger partial charge is 0.496 e. The number of ketones is 1. The molecule has 3 aromatic rings. The van der Waals surface area contributed by atoms with E-state index in [9.17, 15) is 4.79 Å². The summed E-state index contributed by atoms with van der Waals surface area (Å²) in [5.41, 5.74) is 4.54. The highest BCUT2D eigenvalue weighted by molar-refractivity contribution is 9.10. The molecule has 4 heteroatoms. The maximum atomic E-state index is 12.1. The van der Waals surface area contributed by atoms with Crippen LogP contribution in [0.4, 0.5) is 0 Å². The Morgan fingerprint density at radius 2 is 1.81 bits per heavy atom. The number of benzene rings is 3. The molecular formula is C22H17BrO3. The van der Waals surface area contributed by atoms with Crippen LogP contribution in [0.5, 0.6) is 11.5 Å². The third-order valence-corrected chi connectivity index (χ3v) is 5.50. The van der Waals surface area contributed by atoms with E-state index in [1.807, 2.05) is 60.7 Å². The first-order valence-corrected chi connectivity index (χ1v) is 9.13. The highest BCUT2D eigenvalue weighted by atomic mass is 79.9. The van der Waals surface area contributed by atoms with Gasteiger partial charge in [0.05, 0.1) is 12.7 Å². The van der Waals surface area contributed by atoms with Gasteiger partial charge in [-0.15, -0.1) is 0 Å². The van der Waals surface area contributed by atoms with E-state index in [1.54, 1.807) is 14.0 Å². The van der Waals surface area contributed by atoms with Crippen LogP contribution in [0.25, 0.3) is 11.1 Å². The monoisotopic (exact) mass is 408 g/mol. The molecule has 0 fully saturated rings. The van der Waals surface area contributed by atoms with Crippen molar-refractivity contribution in [3.05, 3.63) is 81.8 Å². The molecule has 26 heavy (non-hydrogen) atoms. The van der Waals surface area contributed by atoms with Crippen molar-refractivity contribution < 1.29 is 14.3 Å². The molecule has 130 valence electrons. The molecule has 1 unspecified atom stereocenters. The highest BCUT2D eigenvalue weighted by Gasteiger charge is 2.32. The van der Waals surface area contributed by atoms with Gasteiger partial charge >= 0.3 is 0 Å². The molecule has 0 aliphatic carbocycles. The molecule has 0 aromatic heterocycles. The minimum absolute atomic E-state index is 0.0114. The quantitative estimate of drug-likeness (QED) is 0.513. The third-order valence-electron chi connectivity index (χ3n) is 4.65. The lowest BCUT2D eigenvalue weighted by molar-refractivity contribution is 0.101. The summed E-state index contributed by atoms with van der Waals surface area (Å²) in [4.78, 5) is 12.1. The topological polar surface area (TPSA) is 35.5 Å². The van der Waals surface area contributed by atoms with Gasteiger partial charge in [0.15, 0.2) is 11.9 Å². The van der Waals surface area contributed by atoms with Crippen LogP contribution in [0.2, 0.25) is 0 Å². The van der Waals surface area contributed by atoms with Gasteiger partial charge in [-0.2, -0.15) is 0 Å². The van der Waals surface area contributed by atoms with E-state index >= 15 is 0 Å². The first-order valence-electron chi connectivity index (χ1n) is 8.34. The zero-order chi connectivity index (χ0) is 18.3. The SMILES string of the molecule is COc1cccc2c1-c1ccc(C(C)=O)c(Br)c1C(c1ccccc1)O2. The van der Waals surface area contributed by atoms with E-state index in [4.69, 9.17) is 9.47 Å². The molecule has 1 heterocycles. The van der Waals surface area contributed by atoms with Crippen molar-refractivity contribution in [3.8, 4) is 22.6 Å². The molecule has 0 bridgehead atoms. The zero-order valence-corrected chi connectivity index (χ0v) is 16.0. The number of halogens is 1. The summed E-state index contributed by atoms with van der Waals surface area (Å²) in [6.45, 7) is 1.57. The summed E-state index contributed by atoms with van der Waals surface area (Å²) in [6.07, 6.45) is -0.306. The molecule has 3 nitrogen and oxygen atoms in total. The molecule has 4 rings (SSSR count). The standard InChI is InChI=1S/C22H17BrO3/c1-13(24)15-11-12-16-19-17(25-2)9-6-10-18(19)26-22(20(16)21(15)23)14-7-4-3-5-8-14/h3-12,22H,1-2H3. The van der Waals surface area contributed by atoms with Crippen molar-refractivity contribution >= 4 is 21.7 Å². The number of carbonyl (C=O) groups is 1. The smallest absolute Gasteiger partial charge is 0.160 e. The van der Waals surface area contributed by atoms with Gasteiger partial charge in [-0.1, -0.05) is 42.5 Å². The lowest BCUT2D eigenvalue weighted by Crippen LogP contribution is -2.17. The Morgan fingerprint density at radius 3 is 2.50 bits per heavy atom. The van der Waals surface area contributed by atoms with Crippen LogP contribution in [0, 0.1) is 0 Å². The maximum Gasteiger partial charge on any atom is 0.160 e. The first kappa shape index (κ1) is 16.9. The molecule has 0 radical (unpaired) electrons. The minimum Gasteiger partial charge on any atom is -0.496 e. The average Bonchev–Trinajstić information content (AvgIpc) is 2.67. The van der Waals surface area contributed by atoms with Crippen LogP contribution in [-0.2, 0) is 0 Å². The van der Waals surface area contributed by atoms with Gasteiger partial charge < -0.3 is 9.47 Å². The Morgan fingerprint density at radius 1 is 1.04 bits per heavy atom. The van der Waals surface area contributed by atoms with Crippen LogP contribution in [-0.4, -0.2) is 12.9 Å². The second kappa shape index (κ2) is 6.61. The van der Waals surface area contributed by atoms with Gasteiger partial charge in [0, 0.05) is 15.6 Å². The minimum atomic E-state index is -0.306. The van der Waals surface area contributed by atoms with E-state index in [0.717, 1.165) is 38.2 Å². The van der Waals surface area contributed by atoms with E-state index < -0.39 is 0 Å². The molecule has 1 aliphatic heterocycles. The van der Waals surface area contributed by atoms with Crippen LogP contribution in [0.15, 0.2) is 65.1 Å². The number of Topliss-reactive ketones (excluding diaryl/α,β-unsaturated/α-hetero) is 1. The first-order chi connectivity index (χ1) is 12.6. The van der Waals surface area contributed by atoms with Gasteiger partial charge in [-0.3, -0.25) is 4.79 Å². The van der Waals surface area contributed by atoms with Crippen molar-refractivity contribution in [1.29, 1.82) is 0 Å². The highest BCUT2D eigenvalue weighted by Crippen LogP contribution is 2.51. The number of fused-ring (bicyclic) bond motifs is 3. The molecule has 0 amide bonds. The number of hydrogen-bond donors (Lipinski definition) is 0. The van der Waals surface area contributed by atoms with Gasteiger partial charge in [0.25, 0.3) is 0 Å². The number of rotatable bonds is 3. The van der Waals surface area contributed by atoms with Crippen molar-refractivity contribution in [2.75, 3.05) is 7.11 Å². The van der Waals surface area contributed by atoms with Gasteiger partial charge in [0.2, 0.25) is 0 Å². The van der Waals surface area contributed by atoms with Crippen molar-refractivity contribution in [2.24, 2.45) is 0 Å². The van der Waals surface area contributed by atoms with E-state index in [0.29, 0.717) is 5.56 Å². The Hall–Kier alpha value is -2.59. The van der Waals surface area contributed by atoms with Crippen molar-refractivity contribution in [1.82, 2.24) is 0 Å². The summed E-state index contributed by atoms with van der Waals surface area (Å²) in [6, 6.07) is 19.6. The average molecular weight is 409 g/mol. The predicted molar refractivity (Wildman–Crippen MR) is 105 cm³/mol. The Bertz CT molecular complexity index is 996. The second-order valence-corrected chi connectivity index (χ2v) is 6.98. The lowest BCUT2D eigenvalue weighted by atomic mass is 9.87. The summed E-state index contributed by atoms with van der Waals surface area (Å²) in [5, 5.41) is 0. The summed E-state index contributed by atoms with van der Waals surface area (Å²) < 4.78 is 12.7. The second-order valence-electron chi connectivity index (χ2n) is 6.19. The predicted octanol–water partition coefficient (Wildman–Crippen LogP) is 5.81. The van der Waals surface area contributed by atoms with Crippen LogP contribution < -0.4 is 9.47 Å². The van der Waals surface area contributed by atoms with E-state index in [2.05, 4.69) is 15.9 Å². The van der Waals surface area contributed by atoms with Crippen LogP contribution in [0.3, 0.4) is 0 Å². The normalized spacial score (nSPS) is 14.8.